The molecule has 1 aromatic carbocycles. The third-order valence-corrected chi connectivity index (χ3v) is 4.26. The van der Waals surface area contributed by atoms with E-state index in [0.29, 0.717) is 25.8 Å². The minimum Gasteiger partial charge on any atom is -0.396 e. The summed E-state index contributed by atoms with van der Waals surface area (Å²) < 4.78 is 28.2. The summed E-state index contributed by atoms with van der Waals surface area (Å²) in [6.07, 6.45) is 3.56. The molecule has 2 rings (SSSR count). The molecule has 4 nitrogen and oxygen atoms in total. The number of aliphatic hydroxyl groups is 1. The van der Waals surface area contributed by atoms with Gasteiger partial charge in [0.05, 0.1) is 0 Å². The molecule has 22 heavy (non-hydrogen) atoms. The van der Waals surface area contributed by atoms with Crippen molar-refractivity contribution in [1.82, 2.24) is 10.6 Å². The van der Waals surface area contributed by atoms with E-state index in [1.165, 1.54) is 18.2 Å². The van der Waals surface area contributed by atoms with Gasteiger partial charge in [0.25, 0.3) is 0 Å². The first-order valence-corrected chi connectivity index (χ1v) is 7.66. The van der Waals surface area contributed by atoms with Gasteiger partial charge in [0, 0.05) is 30.7 Å². The second-order valence-corrected chi connectivity index (χ2v) is 5.77. The van der Waals surface area contributed by atoms with E-state index in [-0.39, 0.29) is 24.7 Å². The molecule has 1 saturated carbocycles. The number of urea groups is 1. The van der Waals surface area contributed by atoms with E-state index in [4.69, 9.17) is 5.11 Å². The van der Waals surface area contributed by atoms with Crippen molar-refractivity contribution in [1.29, 1.82) is 0 Å². The molecule has 0 aliphatic heterocycles. The molecule has 2 amide bonds. The number of hydrogen-bond acceptors (Lipinski definition) is 2. The van der Waals surface area contributed by atoms with E-state index in [0.717, 1.165) is 12.8 Å². The van der Waals surface area contributed by atoms with Gasteiger partial charge in [-0.15, -0.1) is 0 Å². The predicted molar refractivity (Wildman–Crippen MR) is 79.6 cm³/mol. The third-order valence-electron chi connectivity index (χ3n) is 4.26. The lowest BCUT2D eigenvalue weighted by molar-refractivity contribution is 0.233. The average Bonchev–Trinajstić information content (AvgIpc) is 2.95. The Morgan fingerprint density at radius 1 is 1.18 bits per heavy atom. The summed E-state index contributed by atoms with van der Waals surface area (Å²) in [5.41, 5.74) is -0.591. The molecule has 122 valence electrons. The highest BCUT2D eigenvalue weighted by Gasteiger charge is 2.40. The number of benzene rings is 1. The molecule has 1 fully saturated rings. The van der Waals surface area contributed by atoms with Crippen LogP contribution in [0.2, 0.25) is 0 Å². The van der Waals surface area contributed by atoms with E-state index in [1.54, 1.807) is 0 Å². The lowest BCUT2D eigenvalue weighted by atomic mass is 9.78. The molecule has 3 N–H and O–H groups in total. The zero-order valence-electron chi connectivity index (χ0n) is 12.5. The van der Waals surface area contributed by atoms with Gasteiger partial charge in [-0.05, 0) is 31.4 Å². The Labute approximate surface area is 128 Å². The van der Waals surface area contributed by atoms with Gasteiger partial charge in [0.2, 0.25) is 0 Å². The first kappa shape index (κ1) is 16.7. The molecular formula is C16H22F2N2O2. The zero-order chi connectivity index (χ0) is 16.0. The predicted octanol–water partition coefficient (Wildman–Crippen LogP) is 2.46. The van der Waals surface area contributed by atoms with Crippen LogP contribution in [0.3, 0.4) is 0 Å². The van der Waals surface area contributed by atoms with Gasteiger partial charge in [-0.3, -0.25) is 0 Å². The van der Waals surface area contributed by atoms with Gasteiger partial charge in [-0.1, -0.05) is 18.9 Å². The molecule has 0 radical (unpaired) electrons. The highest BCUT2D eigenvalue weighted by molar-refractivity contribution is 5.73. The number of halogens is 2. The van der Waals surface area contributed by atoms with Gasteiger partial charge in [0.1, 0.15) is 11.6 Å². The molecule has 1 aromatic rings. The molecule has 0 spiro atoms. The van der Waals surface area contributed by atoms with Gasteiger partial charge in [0.15, 0.2) is 0 Å². The Balaban J connectivity index is 2.08. The topological polar surface area (TPSA) is 61.4 Å². The molecule has 1 aliphatic carbocycles. The smallest absolute Gasteiger partial charge is 0.314 e. The number of rotatable bonds is 6. The van der Waals surface area contributed by atoms with E-state index >= 15 is 0 Å². The van der Waals surface area contributed by atoms with Crippen molar-refractivity contribution in [2.75, 3.05) is 19.7 Å². The van der Waals surface area contributed by atoms with Crippen molar-refractivity contribution in [2.45, 2.75) is 37.5 Å². The lowest BCUT2D eigenvalue weighted by Gasteiger charge is -2.30. The first-order chi connectivity index (χ1) is 10.6. The first-order valence-electron chi connectivity index (χ1n) is 7.66. The lowest BCUT2D eigenvalue weighted by Crippen LogP contribution is -2.44. The van der Waals surface area contributed by atoms with Gasteiger partial charge in [-0.25, -0.2) is 13.6 Å². The van der Waals surface area contributed by atoms with Crippen LogP contribution >= 0.6 is 0 Å². The van der Waals surface area contributed by atoms with Crippen molar-refractivity contribution < 1.29 is 18.7 Å². The van der Waals surface area contributed by atoms with Crippen LogP contribution in [0.5, 0.6) is 0 Å². The van der Waals surface area contributed by atoms with Gasteiger partial charge >= 0.3 is 6.03 Å². The third kappa shape index (κ3) is 3.74. The molecular weight excluding hydrogens is 290 g/mol. The minimum atomic E-state index is -0.677. The second-order valence-electron chi connectivity index (χ2n) is 5.77. The van der Waals surface area contributed by atoms with Crippen molar-refractivity contribution in [3.63, 3.8) is 0 Å². The highest BCUT2D eigenvalue weighted by atomic mass is 19.1. The van der Waals surface area contributed by atoms with Crippen molar-refractivity contribution >= 4 is 6.03 Å². The van der Waals surface area contributed by atoms with Crippen LogP contribution in [0.1, 0.15) is 37.7 Å². The van der Waals surface area contributed by atoms with E-state index in [9.17, 15) is 13.6 Å². The number of hydrogen-bond donors (Lipinski definition) is 3. The van der Waals surface area contributed by atoms with Crippen LogP contribution in [0.25, 0.3) is 0 Å². The number of aliphatic hydroxyl groups excluding tert-OH is 1. The van der Waals surface area contributed by atoms with E-state index < -0.39 is 17.0 Å². The molecule has 0 bridgehead atoms. The molecule has 0 saturated heterocycles. The molecule has 0 aromatic heterocycles. The Kier molecular flexibility index (Phi) is 5.71. The SMILES string of the molecule is O=C(NCCCO)NCC1(c2c(F)cccc2F)CCCC1. The maximum atomic E-state index is 14.1. The van der Waals surface area contributed by atoms with Gasteiger partial charge < -0.3 is 15.7 Å². The van der Waals surface area contributed by atoms with Crippen LogP contribution < -0.4 is 10.6 Å². The average molecular weight is 312 g/mol. The number of carbonyl (C=O) groups is 1. The summed E-state index contributed by atoms with van der Waals surface area (Å²) in [7, 11) is 0. The standard InChI is InChI=1S/C16H22F2N2O2/c17-12-5-3-6-13(18)14(12)16(7-1-2-8-16)11-20-15(22)19-9-4-10-21/h3,5-6,21H,1-2,4,7-11H2,(H2,19,20,22). The molecule has 1 aliphatic rings. The Bertz CT molecular complexity index is 497. The van der Waals surface area contributed by atoms with Crippen LogP contribution in [0.4, 0.5) is 13.6 Å². The largest absolute Gasteiger partial charge is 0.396 e. The number of nitrogens with one attached hydrogen (secondary N) is 2. The zero-order valence-corrected chi connectivity index (χ0v) is 12.5. The molecule has 0 unspecified atom stereocenters. The summed E-state index contributed by atoms with van der Waals surface area (Å²) in [6.45, 7) is 0.573. The molecule has 0 heterocycles. The van der Waals surface area contributed by atoms with Crippen LogP contribution in [-0.2, 0) is 5.41 Å². The highest BCUT2D eigenvalue weighted by Crippen LogP contribution is 2.42. The maximum absolute atomic E-state index is 14.1. The number of amides is 2. The van der Waals surface area contributed by atoms with Crippen molar-refractivity contribution in [3.05, 3.63) is 35.4 Å². The molecule has 0 atom stereocenters. The number of carbonyl (C=O) groups excluding carboxylic acids is 1. The van der Waals surface area contributed by atoms with Crippen LogP contribution in [0, 0.1) is 11.6 Å². The quantitative estimate of drug-likeness (QED) is 0.707. The van der Waals surface area contributed by atoms with Gasteiger partial charge in [-0.2, -0.15) is 0 Å². The second kappa shape index (κ2) is 7.54. The van der Waals surface area contributed by atoms with Crippen molar-refractivity contribution in [3.8, 4) is 0 Å². The minimum absolute atomic E-state index is 0.00462. The van der Waals surface area contributed by atoms with Crippen LogP contribution in [-0.4, -0.2) is 30.8 Å². The Hall–Kier alpha value is -1.69. The Morgan fingerprint density at radius 2 is 1.82 bits per heavy atom. The van der Waals surface area contributed by atoms with E-state index in [2.05, 4.69) is 10.6 Å². The van der Waals surface area contributed by atoms with E-state index in [1.807, 2.05) is 0 Å². The fraction of sp³-hybridized carbons (Fsp3) is 0.562. The monoisotopic (exact) mass is 312 g/mol. The summed E-state index contributed by atoms with van der Waals surface area (Å²) in [6, 6.07) is 3.50. The maximum Gasteiger partial charge on any atom is 0.314 e. The fourth-order valence-electron chi connectivity index (χ4n) is 3.16. The summed E-state index contributed by atoms with van der Waals surface area (Å²) >= 11 is 0. The summed E-state index contributed by atoms with van der Waals surface area (Å²) in [5, 5.41) is 14.0. The fourth-order valence-corrected chi connectivity index (χ4v) is 3.16. The van der Waals surface area contributed by atoms with Crippen molar-refractivity contribution in [2.24, 2.45) is 0 Å². The normalized spacial score (nSPS) is 16.5. The summed E-state index contributed by atoms with van der Waals surface area (Å²) in [4.78, 5) is 11.7. The Morgan fingerprint density at radius 3 is 2.41 bits per heavy atom. The summed E-state index contributed by atoms with van der Waals surface area (Å²) in [5.74, 6) is -1.10. The van der Waals surface area contributed by atoms with Crippen LogP contribution in [0.15, 0.2) is 18.2 Å². The molecule has 6 heteroatoms.